The van der Waals surface area contributed by atoms with Gasteiger partial charge in [0, 0.05) is 24.8 Å². The molecule has 1 heterocycles. The monoisotopic (exact) mass is 178 g/mol. The van der Waals surface area contributed by atoms with E-state index in [0.717, 1.165) is 24.3 Å². The Balaban J connectivity index is 2.07. The van der Waals surface area contributed by atoms with Crippen molar-refractivity contribution in [1.29, 1.82) is 0 Å². The molecule has 70 valence electrons. The topological polar surface area (TPSA) is 44.3 Å². The van der Waals surface area contributed by atoms with Crippen molar-refractivity contribution in [3.63, 3.8) is 0 Å². The third-order valence-corrected chi connectivity index (χ3v) is 2.36. The number of aromatic hydroxyl groups is 1. The molecule has 0 saturated carbocycles. The number of phenolic OH excluding ortho intramolecular Hbond substituents is 1. The second kappa shape index (κ2) is 3.26. The van der Waals surface area contributed by atoms with Crippen molar-refractivity contribution in [1.82, 2.24) is 5.32 Å². The highest BCUT2D eigenvalue weighted by molar-refractivity contribution is 5.51. The first kappa shape index (κ1) is 8.38. The molecule has 13 heavy (non-hydrogen) atoms. The zero-order valence-corrected chi connectivity index (χ0v) is 7.67. The van der Waals surface area contributed by atoms with Crippen LogP contribution in [0.5, 0.6) is 5.75 Å². The van der Waals surface area contributed by atoms with Crippen molar-refractivity contribution in [2.24, 2.45) is 0 Å². The third-order valence-electron chi connectivity index (χ3n) is 2.36. The Labute approximate surface area is 77.8 Å². The minimum Gasteiger partial charge on any atom is -0.508 e. The van der Waals surface area contributed by atoms with E-state index in [-0.39, 0.29) is 0 Å². The molecular weight excluding hydrogens is 164 g/mol. The molecule has 1 aliphatic rings. The van der Waals surface area contributed by atoms with Crippen LogP contribution in [-0.2, 0) is 0 Å². The van der Waals surface area contributed by atoms with Crippen LogP contribution in [0.4, 0.5) is 5.69 Å². The van der Waals surface area contributed by atoms with Crippen LogP contribution < -0.4 is 10.6 Å². The average molecular weight is 178 g/mol. The number of nitrogens with one attached hydrogen (secondary N) is 2. The molecule has 1 aromatic carbocycles. The maximum atomic E-state index is 9.45. The second-order valence-electron chi connectivity index (χ2n) is 3.50. The lowest BCUT2D eigenvalue weighted by molar-refractivity contribution is 0.466. The predicted molar refractivity (Wildman–Crippen MR) is 53.1 cm³/mol. The van der Waals surface area contributed by atoms with Gasteiger partial charge in [0.15, 0.2) is 0 Å². The van der Waals surface area contributed by atoms with Crippen molar-refractivity contribution >= 4 is 5.69 Å². The lowest BCUT2D eigenvalue weighted by atomic mass is 10.1. The Bertz CT molecular complexity index is 308. The first-order valence-corrected chi connectivity index (χ1v) is 4.52. The van der Waals surface area contributed by atoms with Gasteiger partial charge >= 0.3 is 0 Å². The molecule has 3 heteroatoms. The molecule has 2 rings (SSSR count). The molecule has 0 bridgehead atoms. The molecule has 1 saturated heterocycles. The van der Waals surface area contributed by atoms with Gasteiger partial charge < -0.3 is 15.7 Å². The van der Waals surface area contributed by atoms with E-state index in [1.165, 1.54) is 0 Å². The number of rotatable bonds is 2. The van der Waals surface area contributed by atoms with Crippen LogP contribution in [0.2, 0.25) is 0 Å². The minimum atomic E-state index is 0.359. The highest BCUT2D eigenvalue weighted by Crippen LogP contribution is 2.21. The van der Waals surface area contributed by atoms with Crippen LogP contribution in [0.25, 0.3) is 0 Å². The smallest absolute Gasteiger partial charge is 0.120 e. The molecule has 1 aliphatic heterocycles. The molecule has 3 nitrogen and oxygen atoms in total. The van der Waals surface area contributed by atoms with Crippen LogP contribution in [-0.4, -0.2) is 24.2 Å². The molecule has 0 aliphatic carbocycles. The SMILES string of the molecule is Cc1ccc(NC2CNC2)cc1O. The summed E-state index contributed by atoms with van der Waals surface area (Å²) in [6.07, 6.45) is 0. The van der Waals surface area contributed by atoms with Gasteiger partial charge in [-0.1, -0.05) is 6.07 Å². The molecule has 0 spiro atoms. The maximum Gasteiger partial charge on any atom is 0.120 e. The summed E-state index contributed by atoms with van der Waals surface area (Å²) < 4.78 is 0. The van der Waals surface area contributed by atoms with Crippen molar-refractivity contribution in [2.45, 2.75) is 13.0 Å². The fourth-order valence-electron chi connectivity index (χ4n) is 1.33. The van der Waals surface area contributed by atoms with E-state index in [2.05, 4.69) is 10.6 Å². The quantitative estimate of drug-likeness (QED) is 0.635. The Morgan fingerprint density at radius 1 is 1.46 bits per heavy atom. The van der Waals surface area contributed by atoms with Crippen LogP contribution in [0.1, 0.15) is 5.56 Å². The van der Waals surface area contributed by atoms with Crippen LogP contribution in [0.3, 0.4) is 0 Å². The van der Waals surface area contributed by atoms with Gasteiger partial charge in [-0.15, -0.1) is 0 Å². The molecular formula is C10H14N2O. The van der Waals surface area contributed by atoms with E-state index in [9.17, 15) is 5.11 Å². The molecule has 0 radical (unpaired) electrons. The Hall–Kier alpha value is -1.22. The van der Waals surface area contributed by atoms with Gasteiger partial charge in [-0.25, -0.2) is 0 Å². The molecule has 0 amide bonds. The van der Waals surface area contributed by atoms with Gasteiger partial charge in [-0.2, -0.15) is 0 Å². The number of hydrogen-bond acceptors (Lipinski definition) is 3. The Kier molecular flexibility index (Phi) is 2.10. The summed E-state index contributed by atoms with van der Waals surface area (Å²) >= 11 is 0. The summed E-state index contributed by atoms with van der Waals surface area (Å²) in [5, 5.41) is 16.0. The summed E-state index contributed by atoms with van der Waals surface area (Å²) in [6.45, 7) is 3.91. The van der Waals surface area contributed by atoms with Gasteiger partial charge in [-0.05, 0) is 18.6 Å². The third kappa shape index (κ3) is 1.75. The van der Waals surface area contributed by atoms with Crippen molar-refractivity contribution < 1.29 is 5.11 Å². The predicted octanol–water partition coefficient (Wildman–Crippen LogP) is 1.08. The van der Waals surface area contributed by atoms with Gasteiger partial charge in [0.2, 0.25) is 0 Å². The largest absolute Gasteiger partial charge is 0.508 e. The van der Waals surface area contributed by atoms with E-state index >= 15 is 0 Å². The van der Waals surface area contributed by atoms with Gasteiger partial charge in [-0.3, -0.25) is 0 Å². The van der Waals surface area contributed by atoms with Crippen molar-refractivity contribution in [3.8, 4) is 5.75 Å². The van der Waals surface area contributed by atoms with E-state index in [1.807, 2.05) is 19.1 Å². The summed E-state index contributed by atoms with van der Waals surface area (Å²) in [4.78, 5) is 0. The summed E-state index contributed by atoms with van der Waals surface area (Å²) in [5.74, 6) is 0.359. The Morgan fingerprint density at radius 3 is 2.77 bits per heavy atom. The van der Waals surface area contributed by atoms with E-state index in [0.29, 0.717) is 11.8 Å². The van der Waals surface area contributed by atoms with Gasteiger partial charge in [0.25, 0.3) is 0 Å². The van der Waals surface area contributed by atoms with Crippen LogP contribution >= 0.6 is 0 Å². The highest BCUT2D eigenvalue weighted by atomic mass is 16.3. The zero-order valence-electron chi connectivity index (χ0n) is 7.67. The first-order valence-electron chi connectivity index (χ1n) is 4.52. The van der Waals surface area contributed by atoms with Gasteiger partial charge in [0.1, 0.15) is 5.75 Å². The Morgan fingerprint density at radius 2 is 2.23 bits per heavy atom. The minimum absolute atomic E-state index is 0.359. The molecule has 1 aromatic rings. The lowest BCUT2D eigenvalue weighted by Crippen LogP contribution is -2.51. The molecule has 3 N–H and O–H groups in total. The molecule has 0 aromatic heterocycles. The fraction of sp³-hybridized carbons (Fsp3) is 0.400. The highest BCUT2D eigenvalue weighted by Gasteiger charge is 2.15. The first-order chi connectivity index (χ1) is 6.25. The fourth-order valence-corrected chi connectivity index (χ4v) is 1.33. The maximum absolute atomic E-state index is 9.45. The summed E-state index contributed by atoms with van der Waals surface area (Å²) in [7, 11) is 0. The number of hydrogen-bond donors (Lipinski definition) is 3. The van der Waals surface area contributed by atoms with E-state index in [1.54, 1.807) is 6.07 Å². The van der Waals surface area contributed by atoms with E-state index < -0.39 is 0 Å². The zero-order chi connectivity index (χ0) is 9.26. The second-order valence-corrected chi connectivity index (χ2v) is 3.50. The van der Waals surface area contributed by atoms with Crippen molar-refractivity contribution in [3.05, 3.63) is 23.8 Å². The molecule has 0 atom stereocenters. The number of anilines is 1. The lowest BCUT2D eigenvalue weighted by Gasteiger charge is -2.29. The average Bonchev–Trinajstić information content (AvgIpc) is 2.04. The number of benzene rings is 1. The van der Waals surface area contributed by atoms with Gasteiger partial charge in [0.05, 0.1) is 6.04 Å². The normalized spacial score (nSPS) is 16.7. The molecule has 1 fully saturated rings. The summed E-state index contributed by atoms with van der Waals surface area (Å²) in [5.41, 5.74) is 1.91. The number of aryl methyl sites for hydroxylation is 1. The molecule has 0 unspecified atom stereocenters. The van der Waals surface area contributed by atoms with Crippen LogP contribution in [0, 0.1) is 6.92 Å². The standard InChI is InChI=1S/C10H14N2O/c1-7-2-3-8(4-10(7)13)12-9-5-11-6-9/h2-4,9,11-13H,5-6H2,1H3. The van der Waals surface area contributed by atoms with Crippen molar-refractivity contribution in [2.75, 3.05) is 18.4 Å². The number of phenols is 1. The van der Waals surface area contributed by atoms with Crippen LogP contribution in [0.15, 0.2) is 18.2 Å². The van der Waals surface area contributed by atoms with E-state index in [4.69, 9.17) is 0 Å². The summed E-state index contributed by atoms with van der Waals surface area (Å²) in [6, 6.07) is 6.20.